The second-order valence-corrected chi connectivity index (χ2v) is 8.60. The number of rotatable bonds is 5. The van der Waals surface area contributed by atoms with E-state index in [4.69, 9.17) is 0 Å². The van der Waals surface area contributed by atoms with Gasteiger partial charge in [-0.3, -0.25) is 9.12 Å². The Kier molecular flexibility index (Phi) is 4.55. The van der Waals surface area contributed by atoms with E-state index < -0.39 is 10.0 Å². The molecular formula is C20H17N3O2S2. The van der Waals surface area contributed by atoms with Gasteiger partial charge in [0, 0.05) is 29.0 Å². The Hall–Kier alpha value is -2.90. The van der Waals surface area contributed by atoms with Crippen LogP contribution in [0.15, 0.2) is 71.7 Å². The highest BCUT2D eigenvalue weighted by Gasteiger charge is 2.08. The number of imidazole rings is 1. The van der Waals surface area contributed by atoms with Gasteiger partial charge in [-0.1, -0.05) is 42.0 Å². The summed E-state index contributed by atoms with van der Waals surface area (Å²) in [6.07, 6.45) is 5.49. The molecule has 0 spiro atoms. The van der Waals surface area contributed by atoms with Crippen molar-refractivity contribution in [1.82, 2.24) is 9.38 Å². The molecule has 7 heteroatoms. The first-order valence-electron chi connectivity index (χ1n) is 8.29. The van der Waals surface area contributed by atoms with Gasteiger partial charge in [0.05, 0.1) is 11.1 Å². The average molecular weight is 396 g/mol. The van der Waals surface area contributed by atoms with E-state index in [1.807, 2.05) is 65.5 Å². The van der Waals surface area contributed by atoms with Gasteiger partial charge in [0.2, 0.25) is 0 Å². The van der Waals surface area contributed by atoms with Crippen LogP contribution in [0.5, 0.6) is 0 Å². The summed E-state index contributed by atoms with van der Waals surface area (Å²) < 4.78 is 29.1. The first-order chi connectivity index (χ1) is 13.0. The largest absolute Gasteiger partial charge is 0.297 e. The van der Waals surface area contributed by atoms with Crippen LogP contribution in [0.3, 0.4) is 0 Å². The summed E-state index contributed by atoms with van der Waals surface area (Å²) >= 11 is 1.57. The van der Waals surface area contributed by atoms with Crippen LogP contribution < -0.4 is 4.72 Å². The molecule has 0 atom stereocenters. The van der Waals surface area contributed by atoms with E-state index in [0.29, 0.717) is 5.69 Å². The number of sulfonamides is 1. The molecule has 4 aromatic rings. The summed E-state index contributed by atoms with van der Waals surface area (Å²) in [6, 6.07) is 14.8. The molecule has 2 aromatic heterocycles. The summed E-state index contributed by atoms with van der Waals surface area (Å²) in [4.78, 5) is 5.47. The lowest BCUT2D eigenvalue weighted by Crippen LogP contribution is -2.08. The fourth-order valence-corrected chi connectivity index (χ4v) is 4.19. The van der Waals surface area contributed by atoms with Gasteiger partial charge in [-0.2, -0.15) is 0 Å². The van der Waals surface area contributed by atoms with Gasteiger partial charge in [-0.25, -0.2) is 13.4 Å². The van der Waals surface area contributed by atoms with Crippen LogP contribution in [0.4, 0.5) is 5.69 Å². The summed E-state index contributed by atoms with van der Waals surface area (Å²) in [5.74, 6) is 0. The summed E-state index contributed by atoms with van der Waals surface area (Å²) in [7, 11) is -3.58. The minimum absolute atomic E-state index is 0.508. The second kappa shape index (κ2) is 7.02. The summed E-state index contributed by atoms with van der Waals surface area (Å²) in [5.41, 5.74) is 4.26. The Morgan fingerprint density at radius 1 is 1.07 bits per heavy atom. The molecule has 2 aromatic carbocycles. The van der Waals surface area contributed by atoms with Gasteiger partial charge in [0.15, 0.2) is 4.96 Å². The van der Waals surface area contributed by atoms with Crippen molar-refractivity contribution in [3.05, 3.63) is 82.8 Å². The van der Waals surface area contributed by atoms with Crippen molar-refractivity contribution in [3.8, 4) is 11.3 Å². The van der Waals surface area contributed by atoms with Crippen LogP contribution in [0.1, 0.15) is 11.1 Å². The van der Waals surface area contributed by atoms with E-state index in [-0.39, 0.29) is 0 Å². The molecule has 5 nitrogen and oxygen atoms in total. The molecule has 0 bridgehead atoms. The molecule has 1 N–H and O–H groups in total. The molecule has 0 amide bonds. The standard InChI is InChI=1S/C20H17N3O2S2/c1-15-2-4-16(5-3-15)10-13-27(24,25)22-18-8-6-17(7-9-18)19-14-23-11-12-26-20(23)21-19/h2-14,22H,1H3/b13-10+. The van der Waals surface area contributed by atoms with Crippen molar-refractivity contribution < 1.29 is 8.42 Å². The number of thiazole rings is 1. The highest BCUT2D eigenvalue weighted by atomic mass is 32.2. The number of aryl methyl sites for hydroxylation is 1. The number of hydrogen-bond donors (Lipinski definition) is 1. The third-order valence-corrected chi connectivity index (χ3v) is 5.84. The molecule has 0 aliphatic heterocycles. The molecule has 0 unspecified atom stereocenters. The molecule has 2 heterocycles. The Morgan fingerprint density at radius 2 is 1.81 bits per heavy atom. The second-order valence-electron chi connectivity index (χ2n) is 6.16. The maximum Gasteiger partial charge on any atom is 0.255 e. The predicted molar refractivity (Wildman–Crippen MR) is 111 cm³/mol. The Balaban J connectivity index is 1.48. The minimum Gasteiger partial charge on any atom is -0.297 e. The fourth-order valence-electron chi connectivity index (χ4n) is 2.62. The van der Waals surface area contributed by atoms with E-state index in [9.17, 15) is 8.42 Å². The van der Waals surface area contributed by atoms with Gasteiger partial charge in [-0.15, -0.1) is 11.3 Å². The third kappa shape index (κ3) is 4.10. The molecular weight excluding hydrogens is 378 g/mol. The van der Waals surface area contributed by atoms with Crippen LogP contribution in [0.2, 0.25) is 0 Å². The Morgan fingerprint density at radius 3 is 2.52 bits per heavy atom. The van der Waals surface area contributed by atoms with Crippen LogP contribution in [0.25, 0.3) is 22.3 Å². The lowest BCUT2D eigenvalue weighted by molar-refractivity contribution is 0.609. The quantitative estimate of drug-likeness (QED) is 0.529. The van der Waals surface area contributed by atoms with Gasteiger partial charge in [0.1, 0.15) is 0 Å². The van der Waals surface area contributed by atoms with Crippen LogP contribution in [-0.4, -0.2) is 17.8 Å². The van der Waals surface area contributed by atoms with Crippen molar-refractivity contribution in [2.24, 2.45) is 0 Å². The zero-order chi connectivity index (χ0) is 18.9. The smallest absolute Gasteiger partial charge is 0.255 e. The van der Waals surface area contributed by atoms with Gasteiger partial charge >= 0.3 is 0 Å². The number of nitrogens with one attached hydrogen (secondary N) is 1. The summed E-state index contributed by atoms with van der Waals surface area (Å²) in [5, 5.41) is 3.16. The molecule has 0 fully saturated rings. The van der Waals surface area contributed by atoms with Crippen molar-refractivity contribution in [1.29, 1.82) is 0 Å². The minimum atomic E-state index is -3.58. The third-order valence-electron chi connectivity index (χ3n) is 4.05. The van der Waals surface area contributed by atoms with Crippen LogP contribution in [0, 0.1) is 6.92 Å². The van der Waals surface area contributed by atoms with Gasteiger partial charge in [-0.05, 0) is 30.7 Å². The number of aromatic nitrogens is 2. The van der Waals surface area contributed by atoms with Crippen molar-refractivity contribution in [2.75, 3.05) is 4.72 Å². The first kappa shape index (κ1) is 17.5. The first-order valence-corrected chi connectivity index (χ1v) is 10.7. The molecule has 0 saturated heterocycles. The van der Waals surface area contributed by atoms with Crippen LogP contribution in [-0.2, 0) is 10.0 Å². The number of hydrogen-bond acceptors (Lipinski definition) is 4. The zero-order valence-corrected chi connectivity index (χ0v) is 16.2. The van der Waals surface area contributed by atoms with E-state index in [1.165, 1.54) is 5.41 Å². The van der Waals surface area contributed by atoms with Crippen molar-refractivity contribution in [3.63, 3.8) is 0 Å². The van der Waals surface area contributed by atoms with E-state index in [2.05, 4.69) is 9.71 Å². The highest BCUT2D eigenvalue weighted by Crippen LogP contribution is 2.23. The molecule has 136 valence electrons. The van der Waals surface area contributed by atoms with E-state index >= 15 is 0 Å². The van der Waals surface area contributed by atoms with E-state index in [1.54, 1.807) is 29.5 Å². The number of nitrogens with zero attached hydrogens (tertiary/aromatic N) is 2. The van der Waals surface area contributed by atoms with E-state index in [0.717, 1.165) is 27.3 Å². The molecule has 0 aliphatic rings. The monoisotopic (exact) mass is 395 g/mol. The number of fused-ring (bicyclic) bond motifs is 1. The van der Waals surface area contributed by atoms with Crippen molar-refractivity contribution >= 4 is 38.1 Å². The maximum absolute atomic E-state index is 12.3. The lowest BCUT2D eigenvalue weighted by atomic mass is 10.1. The average Bonchev–Trinajstić information content (AvgIpc) is 3.24. The number of benzene rings is 2. The predicted octanol–water partition coefficient (Wildman–Crippen LogP) is 4.78. The zero-order valence-electron chi connectivity index (χ0n) is 14.5. The summed E-state index contributed by atoms with van der Waals surface area (Å²) in [6.45, 7) is 1.99. The Bertz CT molecular complexity index is 1170. The SMILES string of the molecule is Cc1ccc(/C=C/S(=O)(=O)Nc2ccc(-c3cn4ccsc4n3)cc2)cc1. The van der Waals surface area contributed by atoms with Crippen LogP contribution >= 0.6 is 11.3 Å². The molecule has 0 radical (unpaired) electrons. The molecule has 0 saturated carbocycles. The molecule has 4 rings (SSSR count). The lowest BCUT2D eigenvalue weighted by Gasteiger charge is -2.05. The topological polar surface area (TPSA) is 63.5 Å². The van der Waals surface area contributed by atoms with Gasteiger partial charge < -0.3 is 0 Å². The molecule has 27 heavy (non-hydrogen) atoms. The highest BCUT2D eigenvalue weighted by molar-refractivity contribution is 7.95. The Labute approximate surface area is 161 Å². The normalized spacial score (nSPS) is 12.0. The van der Waals surface area contributed by atoms with Gasteiger partial charge in [0.25, 0.3) is 10.0 Å². The van der Waals surface area contributed by atoms with Crippen molar-refractivity contribution in [2.45, 2.75) is 6.92 Å². The maximum atomic E-state index is 12.3. The fraction of sp³-hybridized carbons (Fsp3) is 0.0500. The molecule has 0 aliphatic carbocycles. The number of anilines is 1.